The van der Waals surface area contributed by atoms with Gasteiger partial charge in [-0.2, -0.15) is 25.8 Å². The molecular weight excluding hydrogens is 708 g/mol. The molecule has 0 spiro atoms. The van der Waals surface area contributed by atoms with Crippen LogP contribution in [0.4, 0.5) is 13.2 Å². The zero-order valence-electron chi connectivity index (χ0n) is 28.1. The monoisotopic (exact) mass is 764 g/mol. The van der Waals surface area contributed by atoms with Crippen LogP contribution < -0.4 is 0 Å². The summed E-state index contributed by atoms with van der Waals surface area (Å²) in [4.78, 5) is 0.900. The van der Waals surface area contributed by atoms with Crippen molar-refractivity contribution < 1.29 is 13.2 Å². The second-order valence-corrected chi connectivity index (χ2v) is 16.6. The molecule has 2 nitrogen and oxygen atoms in total. The van der Waals surface area contributed by atoms with Gasteiger partial charge in [-0.25, -0.2) is 0 Å². The zero-order valence-corrected chi connectivity index (χ0v) is 32.0. The number of aryl methyl sites for hydroxylation is 1. The van der Waals surface area contributed by atoms with Crippen LogP contribution in [0.2, 0.25) is 0 Å². The summed E-state index contributed by atoms with van der Waals surface area (Å²) in [5, 5.41) is 17.0. The molecule has 1 rings (SSSR count). The zero-order chi connectivity index (χ0) is 33.9. The first-order valence-electron chi connectivity index (χ1n) is 16.2. The Bertz CT molecular complexity index is 1130. The van der Waals surface area contributed by atoms with Gasteiger partial charge >= 0.3 is 6.18 Å². The molecule has 0 aliphatic rings. The maximum absolute atomic E-state index is 14.0. The van der Waals surface area contributed by atoms with Crippen LogP contribution in [0.3, 0.4) is 0 Å². The van der Waals surface area contributed by atoms with Crippen molar-refractivity contribution in [3.8, 4) is 0 Å². The minimum atomic E-state index is -4.39. The van der Waals surface area contributed by atoms with Crippen molar-refractivity contribution in [2.75, 3.05) is 0 Å². The molecule has 2 N–H and O–H groups in total. The van der Waals surface area contributed by atoms with Gasteiger partial charge in [-0.3, -0.25) is 0 Å². The van der Waals surface area contributed by atoms with Crippen molar-refractivity contribution in [2.45, 2.75) is 133 Å². The van der Waals surface area contributed by atoms with Gasteiger partial charge in [-0.1, -0.05) is 128 Å². The number of halogens is 4. The number of rotatable bonds is 20. The van der Waals surface area contributed by atoms with Gasteiger partial charge in [0, 0.05) is 24.2 Å². The molecule has 0 fully saturated rings. The lowest BCUT2D eigenvalue weighted by molar-refractivity contribution is -0.138. The Morgan fingerprint density at radius 1 is 1.02 bits per heavy atom. The summed E-state index contributed by atoms with van der Waals surface area (Å²) in [7, 11) is 0. The van der Waals surface area contributed by atoms with Gasteiger partial charge in [0.2, 0.25) is 0 Å². The fourth-order valence-electron chi connectivity index (χ4n) is 5.83. The molecule has 250 valence electrons. The van der Waals surface area contributed by atoms with Crippen LogP contribution >= 0.6 is 47.0 Å². The van der Waals surface area contributed by atoms with Crippen LogP contribution in [0.5, 0.6) is 0 Å². The average molecular weight is 765 g/mol. The van der Waals surface area contributed by atoms with E-state index in [-0.39, 0.29) is 25.8 Å². The molecular formula is C36H56F3IN2S2. The van der Waals surface area contributed by atoms with E-state index in [1.165, 1.54) is 6.07 Å². The highest BCUT2D eigenvalue weighted by Gasteiger charge is 2.46. The van der Waals surface area contributed by atoms with Crippen LogP contribution in [0.15, 0.2) is 36.9 Å². The first kappa shape index (κ1) is 41.3. The molecule has 1 aromatic carbocycles. The lowest BCUT2D eigenvalue weighted by Gasteiger charge is -2.47. The molecule has 1 unspecified atom stereocenters. The third-order valence-electron chi connectivity index (χ3n) is 9.69. The van der Waals surface area contributed by atoms with Gasteiger partial charge in [-0.15, -0.1) is 11.8 Å². The normalized spacial score (nSPS) is 18.1. The Labute approximate surface area is 289 Å². The van der Waals surface area contributed by atoms with Crippen LogP contribution in [-0.4, -0.2) is 25.3 Å². The number of hydrogen-bond donors (Lipinski definition) is 3. The summed E-state index contributed by atoms with van der Waals surface area (Å²) in [6, 6.07) is 4.60. The lowest BCUT2D eigenvalue weighted by atomic mass is 9.68. The third kappa shape index (κ3) is 10.6. The van der Waals surface area contributed by atoms with Gasteiger partial charge in [-0.05, 0) is 67.7 Å². The minimum Gasteiger partial charge on any atom is -0.303 e. The fourth-order valence-corrected chi connectivity index (χ4v) is 8.79. The van der Waals surface area contributed by atoms with Crippen LogP contribution in [0.25, 0.3) is 4.91 Å². The Morgan fingerprint density at radius 3 is 2.11 bits per heavy atom. The maximum Gasteiger partial charge on any atom is 0.416 e. The summed E-state index contributed by atoms with van der Waals surface area (Å²) in [5.41, 5.74) is 0.754. The van der Waals surface area contributed by atoms with Gasteiger partial charge in [0.25, 0.3) is 0 Å². The van der Waals surface area contributed by atoms with E-state index in [1.807, 2.05) is 13.0 Å². The van der Waals surface area contributed by atoms with Gasteiger partial charge < -0.3 is 10.8 Å². The lowest BCUT2D eigenvalue weighted by Crippen LogP contribution is -2.49. The number of allylic oxidation sites excluding steroid dienone is 2. The van der Waals surface area contributed by atoms with E-state index >= 15 is 0 Å². The van der Waals surface area contributed by atoms with E-state index in [1.54, 1.807) is 30.0 Å². The fraction of sp³-hybridized carbons (Fsp3) is 0.667. The van der Waals surface area contributed by atoms with Gasteiger partial charge in [0.05, 0.1) is 17.0 Å². The third-order valence-corrected chi connectivity index (χ3v) is 14.2. The highest BCUT2D eigenvalue weighted by molar-refractivity contribution is 14.1. The number of unbranched alkanes of at least 4 members (excludes halogenated alkanes) is 5. The molecule has 1 aromatic rings. The summed E-state index contributed by atoms with van der Waals surface area (Å²) < 4.78 is 42.0. The number of benzene rings is 1. The molecule has 0 radical (unpaired) electrons. The van der Waals surface area contributed by atoms with E-state index in [9.17, 15) is 13.2 Å². The SMILES string of the molecule is C=C/C=C(\S[C@@](C)([C@H](C)I)[C@H](C)[C@@H](C)[C@@H](S)C(C)(CC)C(=N)C(=N)CC)c1ccc(C(F)(F)F)c(CCCCCCCC)c1. The summed E-state index contributed by atoms with van der Waals surface area (Å²) in [6.07, 6.45) is 7.03. The molecule has 0 amide bonds. The smallest absolute Gasteiger partial charge is 0.303 e. The molecule has 44 heavy (non-hydrogen) atoms. The van der Waals surface area contributed by atoms with Crippen molar-refractivity contribution in [3.63, 3.8) is 0 Å². The standard InChI is InChI=1S/C36H56F3IN2S2/c1-10-14-15-16-17-18-20-27-23-28(21-22-29(27)36(37,38)39)31(19-11-2)44-35(9,26(7)40)25(6)24(5)33(43)34(8,13-4)32(42)30(41)12-3/h11,19,21-26,33,41-43H,2,10,12-18,20H2,1,3-9H3/b31-19-,41-30?,42-32?/t24-,25-,26+,33-,34?,35-/m1/s1. The molecule has 0 aliphatic carbocycles. The Kier molecular flexibility index (Phi) is 17.4. The number of hydrogen-bond acceptors (Lipinski definition) is 4. The minimum absolute atomic E-state index is 0.0869. The average Bonchev–Trinajstić information content (AvgIpc) is 2.99. The topological polar surface area (TPSA) is 47.7 Å². The summed E-state index contributed by atoms with van der Waals surface area (Å²) in [5.74, 6) is 0.213. The summed E-state index contributed by atoms with van der Waals surface area (Å²) in [6.45, 7) is 20.9. The Balaban J connectivity index is 3.47. The quantitative estimate of drug-likeness (QED) is 0.0304. The van der Waals surface area contributed by atoms with Crippen molar-refractivity contribution >= 4 is 63.3 Å². The predicted molar refractivity (Wildman–Crippen MR) is 201 cm³/mol. The van der Waals surface area contributed by atoms with E-state index in [4.69, 9.17) is 23.4 Å². The van der Waals surface area contributed by atoms with Crippen molar-refractivity contribution in [1.82, 2.24) is 0 Å². The van der Waals surface area contributed by atoms with E-state index in [0.717, 1.165) is 49.0 Å². The highest BCUT2D eigenvalue weighted by Crippen LogP contribution is 2.52. The molecule has 0 aromatic heterocycles. The molecule has 0 aliphatic heterocycles. The number of thiol groups is 1. The van der Waals surface area contributed by atoms with Gasteiger partial charge in [0.1, 0.15) is 0 Å². The summed E-state index contributed by atoms with van der Waals surface area (Å²) >= 11 is 9.29. The Morgan fingerprint density at radius 2 is 1.61 bits per heavy atom. The molecule has 0 saturated heterocycles. The van der Waals surface area contributed by atoms with Crippen molar-refractivity contribution in [2.24, 2.45) is 17.3 Å². The van der Waals surface area contributed by atoms with E-state index in [2.05, 4.69) is 77.6 Å². The second-order valence-electron chi connectivity index (χ2n) is 12.6. The van der Waals surface area contributed by atoms with Gasteiger partial charge in [0.15, 0.2) is 0 Å². The number of nitrogens with one attached hydrogen (secondary N) is 2. The first-order chi connectivity index (χ1) is 20.5. The molecule has 6 atom stereocenters. The van der Waals surface area contributed by atoms with Crippen LogP contribution in [0.1, 0.15) is 123 Å². The maximum atomic E-state index is 14.0. The highest BCUT2D eigenvalue weighted by atomic mass is 127. The van der Waals surface area contributed by atoms with Crippen molar-refractivity contribution in [3.05, 3.63) is 53.6 Å². The first-order valence-corrected chi connectivity index (χ1v) is 18.7. The predicted octanol–water partition coefficient (Wildman–Crippen LogP) is 12.9. The van der Waals surface area contributed by atoms with Crippen LogP contribution in [-0.2, 0) is 12.6 Å². The van der Waals surface area contributed by atoms with Crippen molar-refractivity contribution in [1.29, 1.82) is 10.8 Å². The number of alkyl halides is 4. The molecule has 0 bridgehead atoms. The largest absolute Gasteiger partial charge is 0.416 e. The molecule has 0 heterocycles. The molecule has 8 heteroatoms. The van der Waals surface area contributed by atoms with E-state index in [0.29, 0.717) is 36.2 Å². The van der Waals surface area contributed by atoms with E-state index < -0.39 is 17.2 Å². The Hall–Kier alpha value is -0.740. The second kappa shape index (κ2) is 18.6. The van der Waals surface area contributed by atoms with Crippen LogP contribution in [0, 0.1) is 28.1 Å². The number of thioether (sulfide) groups is 1. The molecule has 0 saturated carbocycles.